The molecule has 2 aliphatic heterocycles. The SMILES string of the molecule is COC(=O)CCN1C(=O)C2C(=Nc3oc(C(C)(C)C)c[n+]32)N(C)C1=O. The summed E-state index contributed by atoms with van der Waals surface area (Å²) in [6.45, 7) is 5.94. The predicted octanol–water partition coefficient (Wildman–Crippen LogP) is 0.906. The second-order valence-electron chi connectivity index (χ2n) is 7.07. The molecule has 25 heavy (non-hydrogen) atoms. The van der Waals surface area contributed by atoms with E-state index in [1.54, 1.807) is 17.8 Å². The fourth-order valence-corrected chi connectivity index (χ4v) is 2.77. The van der Waals surface area contributed by atoms with Crippen molar-refractivity contribution in [1.29, 1.82) is 0 Å². The summed E-state index contributed by atoms with van der Waals surface area (Å²) < 4.78 is 12.0. The number of aliphatic imine (C=N–C) groups is 1. The Labute approximate surface area is 144 Å². The van der Waals surface area contributed by atoms with Crippen LogP contribution in [-0.2, 0) is 19.7 Å². The molecule has 1 aromatic rings. The molecule has 0 bridgehead atoms. The van der Waals surface area contributed by atoms with E-state index in [1.165, 1.54) is 12.0 Å². The molecule has 1 aromatic heterocycles. The van der Waals surface area contributed by atoms with Gasteiger partial charge in [-0.15, -0.1) is 0 Å². The Hall–Kier alpha value is -2.71. The molecule has 0 aliphatic carbocycles. The lowest BCUT2D eigenvalue weighted by atomic mass is 9.94. The average Bonchev–Trinajstić information content (AvgIpc) is 3.09. The molecule has 0 spiro atoms. The number of carbonyl (C=O) groups excluding carboxylic acids is 3. The number of rotatable bonds is 3. The summed E-state index contributed by atoms with van der Waals surface area (Å²) in [4.78, 5) is 43.3. The zero-order valence-electron chi connectivity index (χ0n) is 14.9. The van der Waals surface area contributed by atoms with E-state index < -0.39 is 23.9 Å². The second kappa shape index (κ2) is 5.68. The van der Waals surface area contributed by atoms with E-state index in [0.29, 0.717) is 11.6 Å². The lowest BCUT2D eigenvalue weighted by Crippen LogP contribution is -2.62. The third-order valence-electron chi connectivity index (χ3n) is 4.28. The standard InChI is InChI=1S/C16H21N4O5/c1-16(2,3)9-8-20-11-12(17-14(20)25-9)18(4)15(23)19(13(11)22)7-6-10(21)24-5/h8,11H,6-7H2,1-5H3/q+1. The Morgan fingerprint density at radius 2 is 2.08 bits per heavy atom. The Balaban J connectivity index is 1.94. The Bertz CT molecular complexity index is 789. The van der Waals surface area contributed by atoms with E-state index in [0.717, 1.165) is 4.90 Å². The summed E-state index contributed by atoms with van der Waals surface area (Å²) >= 11 is 0. The van der Waals surface area contributed by atoms with Crippen molar-refractivity contribution in [2.45, 2.75) is 38.6 Å². The first-order valence-corrected chi connectivity index (χ1v) is 7.95. The highest BCUT2D eigenvalue weighted by Gasteiger charge is 2.55. The molecule has 1 fully saturated rings. The van der Waals surface area contributed by atoms with Crippen LogP contribution in [0, 0.1) is 0 Å². The smallest absolute Gasteiger partial charge is 0.469 e. The van der Waals surface area contributed by atoms with Crippen molar-refractivity contribution in [2.24, 2.45) is 4.99 Å². The molecular formula is C16H21N4O5+. The zero-order chi connectivity index (χ0) is 18.5. The summed E-state index contributed by atoms with van der Waals surface area (Å²) in [7, 11) is 2.81. The van der Waals surface area contributed by atoms with Crippen molar-refractivity contribution in [3.8, 4) is 0 Å². The van der Waals surface area contributed by atoms with E-state index in [-0.39, 0.29) is 24.4 Å². The number of nitrogens with zero attached hydrogens (tertiary/aromatic N) is 4. The third kappa shape index (κ3) is 2.69. The van der Waals surface area contributed by atoms with Crippen LogP contribution < -0.4 is 4.57 Å². The van der Waals surface area contributed by atoms with Crippen molar-refractivity contribution in [1.82, 2.24) is 9.80 Å². The van der Waals surface area contributed by atoms with E-state index in [1.807, 2.05) is 20.8 Å². The minimum absolute atomic E-state index is 0.0433. The van der Waals surface area contributed by atoms with E-state index in [4.69, 9.17) is 4.42 Å². The number of fused-ring (bicyclic) bond motifs is 3. The van der Waals surface area contributed by atoms with Crippen molar-refractivity contribution in [3.63, 3.8) is 0 Å². The number of hydrogen-bond acceptors (Lipinski definition) is 6. The summed E-state index contributed by atoms with van der Waals surface area (Å²) in [5.41, 5.74) is -0.239. The minimum Gasteiger partial charge on any atom is -0.469 e. The number of carbonyl (C=O) groups is 3. The van der Waals surface area contributed by atoms with Gasteiger partial charge < -0.3 is 9.15 Å². The number of methoxy groups -OCH3 is 1. The van der Waals surface area contributed by atoms with Gasteiger partial charge in [-0.2, -0.15) is 4.57 Å². The van der Waals surface area contributed by atoms with Crippen LogP contribution in [0.1, 0.15) is 39.0 Å². The number of likely N-dealkylation sites (N-methyl/N-ethyl adjacent to an activating group) is 1. The lowest BCUT2D eigenvalue weighted by molar-refractivity contribution is -0.679. The number of amidine groups is 1. The highest BCUT2D eigenvalue weighted by Crippen LogP contribution is 2.32. The number of aromatic nitrogens is 1. The maximum atomic E-state index is 12.9. The molecule has 0 radical (unpaired) electrons. The number of ether oxygens (including phenoxy) is 1. The van der Waals surface area contributed by atoms with Crippen molar-refractivity contribution in [3.05, 3.63) is 12.0 Å². The molecule has 3 heterocycles. The summed E-state index contributed by atoms with van der Waals surface area (Å²) in [6, 6.07) is -1.01. The Kier molecular flexibility index (Phi) is 3.89. The molecule has 1 saturated heterocycles. The van der Waals surface area contributed by atoms with Gasteiger partial charge in [-0.05, 0) is 0 Å². The summed E-state index contributed by atoms with van der Waals surface area (Å²) in [5, 5.41) is 0. The number of esters is 1. The van der Waals surface area contributed by atoms with Gasteiger partial charge in [0.2, 0.25) is 0 Å². The zero-order valence-corrected chi connectivity index (χ0v) is 14.9. The monoisotopic (exact) mass is 349 g/mol. The van der Waals surface area contributed by atoms with E-state index in [9.17, 15) is 14.4 Å². The number of urea groups is 1. The average molecular weight is 349 g/mol. The molecular weight excluding hydrogens is 328 g/mol. The fourth-order valence-electron chi connectivity index (χ4n) is 2.77. The van der Waals surface area contributed by atoms with Gasteiger partial charge in [0.1, 0.15) is 6.20 Å². The third-order valence-corrected chi connectivity index (χ3v) is 4.28. The van der Waals surface area contributed by atoms with Crippen LogP contribution in [0.3, 0.4) is 0 Å². The van der Waals surface area contributed by atoms with Gasteiger partial charge in [0.25, 0.3) is 17.8 Å². The summed E-state index contributed by atoms with van der Waals surface area (Å²) in [5.74, 6) is 0.0962. The highest BCUT2D eigenvalue weighted by atomic mass is 16.5. The van der Waals surface area contributed by atoms with Crippen LogP contribution in [-0.4, -0.2) is 54.2 Å². The lowest BCUT2D eigenvalue weighted by Gasteiger charge is -2.31. The van der Waals surface area contributed by atoms with Crippen LogP contribution in [0.5, 0.6) is 0 Å². The largest absolute Gasteiger partial charge is 0.506 e. The van der Waals surface area contributed by atoms with Crippen LogP contribution >= 0.6 is 0 Å². The number of hydrogen-bond donors (Lipinski definition) is 0. The quantitative estimate of drug-likeness (QED) is 0.597. The molecule has 9 heteroatoms. The molecule has 0 aromatic carbocycles. The topological polar surface area (TPSA) is 96.3 Å². The van der Waals surface area contributed by atoms with Crippen molar-refractivity contribution >= 4 is 29.8 Å². The molecule has 134 valence electrons. The number of oxazole rings is 1. The molecule has 1 atom stereocenters. The van der Waals surface area contributed by atoms with E-state index in [2.05, 4.69) is 9.73 Å². The molecule has 2 aliphatic rings. The molecule has 0 saturated carbocycles. The summed E-state index contributed by atoms with van der Waals surface area (Å²) in [6.07, 6.45) is 1.69. The van der Waals surface area contributed by atoms with Gasteiger partial charge >= 0.3 is 18.0 Å². The normalized spacial score (nSPS) is 19.7. The predicted molar refractivity (Wildman–Crippen MR) is 85.2 cm³/mol. The second-order valence-corrected chi connectivity index (χ2v) is 7.07. The van der Waals surface area contributed by atoms with Gasteiger partial charge in [-0.1, -0.05) is 20.8 Å². The fraction of sp³-hybridized carbons (Fsp3) is 0.562. The highest BCUT2D eigenvalue weighted by molar-refractivity contribution is 6.19. The van der Waals surface area contributed by atoms with Crippen LogP contribution in [0.2, 0.25) is 0 Å². The molecule has 9 nitrogen and oxygen atoms in total. The van der Waals surface area contributed by atoms with E-state index >= 15 is 0 Å². The number of amides is 3. The van der Waals surface area contributed by atoms with Crippen LogP contribution in [0.4, 0.5) is 10.8 Å². The van der Waals surface area contributed by atoms with Gasteiger partial charge in [-0.3, -0.25) is 19.4 Å². The van der Waals surface area contributed by atoms with Gasteiger partial charge in [0, 0.05) is 24.0 Å². The molecule has 0 N–H and O–H groups in total. The van der Waals surface area contributed by atoms with Crippen molar-refractivity contribution in [2.75, 3.05) is 20.7 Å². The first kappa shape index (κ1) is 17.1. The van der Waals surface area contributed by atoms with Crippen molar-refractivity contribution < 1.29 is 28.1 Å². The minimum atomic E-state index is -0.768. The molecule has 3 amide bonds. The first-order valence-electron chi connectivity index (χ1n) is 7.95. The molecule has 1 unspecified atom stereocenters. The van der Waals surface area contributed by atoms with Gasteiger partial charge in [0.15, 0.2) is 5.76 Å². The number of imide groups is 1. The maximum absolute atomic E-state index is 12.9. The van der Waals surface area contributed by atoms with Crippen LogP contribution in [0.25, 0.3) is 0 Å². The Morgan fingerprint density at radius 3 is 2.68 bits per heavy atom. The van der Waals surface area contributed by atoms with Gasteiger partial charge in [0.05, 0.1) is 13.5 Å². The maximum Gasteiger partial charge on any atom is 0.506 e. The Morgan fingerprint density at radius 1 is 1.40 bits per heavy atom. The molecule has 3 rings (SSSR count). The van der Waals surface area contributed by atoms with Crippen LogP contribution in [0.15, 0.2) is 15.6 Å². The first-order chi connectivity index (χ1) is 11.6. The van der Waals surface area contributed by atoms with Gasteiger partial charge in [-0.25, -0.2) is 4.79 Å².